The molecule has 0 saturated carbocycles. The van der Waals surface area contributed by atoms with E-state index in [1.165, 1.54) is 6.26 Å². The third-order valence-electron chi connectivity index (χ3n) is 3.78. The molecular weight excluding hydrogens is 378 g/mol. The van der Waals surface area contributed by atoms with E-state index in [9.17, 15) is 31.1 Å². The van der Waals surface area contributed by atoms with Gasteiger partial charge in [0.15, 0.2) is 0 Å². The number of rotatable bonds is 4. The Morgan fingerprint density at radius 1 is 0.815 bits per heavy atom. The van der Waals surface area contributed by atoms with Crippen molar-refractivity contribution in [2.45, 2.75) is 17.8 Å². The summed E-state index contributed by atoms with van der Waals surface area (Å²) in [6.45, 7) is 0. The first-order valence-corrected chi connectivity index (χ1v) is 7.06. The van der Waals surface area contributed by atoms with Crippen molar-refractivity contribution < 1.29 is 35.9 Å². The highest BCUT2D eigenvalue weighted by atomic mass is 19.4. The van der Waals surface area contributed by atoms with Crippen LogP contribution in [0.5, 0.6) is 5.75 Å². The van der Waals surface area contributed by atoms with Gasteiger partial charge in [0, 0.05) is 0 Å². The molecule has 2 aromatic carbocycles. The van der Waals surface area contributed by atoms with Gasteiger partial charge in [0.25, 0.3) is 6.26 Å². The number of isocyanates is 1. The summed E-state index contributed by atoms with van der Waals surface area (Å²) >= 11 is 0. The average molecular weight is 386 g/mol. The Hall–Kier alpha value is -3.31. The van der Waals surface area contributed by atoms with Crippen LogP contribution in [0, 0.1) is 11.5 Å². The van der Waals surface area contributed by atoms with E-state index in [4.69, 9.17) is 5.26 Å². The maximum atomic E-state index is 13.9. The Balaban J connectivity index is 2.78. The van der Waals surface area contributed by atoms with E-state index in [-0.39, 0.29) is 11.4 Å². The Labute approximate surface area is 148 Å². The van der Waals surface area contributed by atoms with Crippen LogP contribution in [0.4, 0.5) is 32.0 Å². The van der Waals surface area contributed by atoms with E-state index in [1.807, 2.05) is 0 Å². The van der Waals surface area contributed by atoms with Gasteiger partial charge in [0.2, 0.25) is 11.5 Å². The van der Waals surface area contributed by atoms with Gasteiger partial charge in [-0.05, 0) is 35.4 Å². The number of ether oxygens (including phenoxy) is 1. The lowest BCUT2D eigenvalue weighted by Gasteiger charge is -2.38. The van der Waals surface area contributed by atoms with Crippen LogP contribution in [-0.4, -0.2) is 18.4 Å². The maximum absolute atomic E-state index is 13.9. The van der Waals surface area contributed by atoms with Crippen LogP contribution >= 0.6 is 0 Å². The first kappa shape index (κ1) is 20.0. The van der Waals surface area contributed by atoms with Gasteiger partial charge in [-0.3, -0.25) is 0 Å². The van der Waals surface area contributed by atoms with Crippen LogP contribution in [0.3, 0.4) is 0 Å². The molecule has 4 nitrogen and oxygen atoms in total. The van der Waals surface area contributed by atoms with E-state index in [0.717, 1.165) is 30.3 Å². The van der Waals surface area contributed by atoms with Crippen molar-refractivity contribution in [3.05, 3.63) is 59.7 Å². The molecule has 0 aromatic heterocycles. The maximum Gasteiger partial charge on any atom is 0.411 e. The first-order valence-electron chi connectivity index (χ1n) is 7.06. The predicted molar refractivity (Wildman–Crippen MR) is 79.8 cm³/mol. The van der Waals surface area contributed by atoms with Crippen molar-refractivity contribution in [2.24, 2.45) is 4.99 Å². The van der Waals surface area contributed by atoms with Gasteiger partial charge in [0.1, 0.15) is 5.75 Å². The molecule has 0 unspecified atom stereocenters. The van der Waals surface area contributed by atoms with Gasteiger partial charge in [-0.2, -0.15) is 31.3 Å². The normalized spacial score (nSPS) is 12.0. The highest BCUT2D eigenvalue weighted by Crippen LogP contribution is 2.56. The molecule has 0 saturated heterocycles. The van der Waals surface area contributed by atoms with Crippen LogP contribution in [0.25, 0.3) is 0 Å². The molecule has 0 N–H and O–H groups in total. The van der Waals surface area contributed by atoms with E-state index in [1.54, 1.807) is 0 Å². The van der Waals surface area contributed by atoms with E-state index >= 15 is 0 Å². The standard InChI is InChI=1S/C17H8F6N2O2/c18-16(19,20)15(17(21,22)23,11-1-5-13(6-2-11)25-10-26)12-3-7-14(8-4-12)27-9-24/h1-8H. The molecule has 140 valence electrons. The highest BCUT2D eigenvalue weighted by molar-refractivity contribution is 5.53. The number of hydrogen-bond acceptors (Lipinski definition) is 4. The Kier molecular flexibility index (Phi) is 5.28. The first-order chi connectivity index (χ1) is 12.6. The second-order valence-corrected chi connectivity index (χ2v) is 5.21. The van der Waals surface area contributed by atoms with Gasteiger partial charge in [-0.15, -0.1) is 5.26 Å². The number of carbonyl (C=O) groups excluding carboxylic acids is 1. The summed E-state index contributed by atoms with van der Waals surface area (Å²) in [5.74, 6) is -0.213. The fourth-order valence-corrected chi connectivity index (χ4v) is 2.65. The molecule has 0 aliphatic heterocycles. The molecule has 0 aliphatic carbocycles. The number of aliphatic imine (C=N–C) groups is 1. The molecule has 27 heavy (non-hydrogen) atoms. The quantitative estimate of drug-likeness (QED) is 0.324. The molecule has 0 bridgehead atoms. The smallest absolute Gasteiger partial charge is 0.388 e. The minimum absolute atomic E-state index is 0.148. The van der Waals surface area contributed by atoms with E-state index in [0.29, 0.717) is 24.3 Å². The number of halogens is 6. The van der Waals surface area contributed by atoms with Crippen LogP contribution in [0.15, 0.2) is 53.5 Å². The molecule has 0 heterocycles. The van der Waals surface area contributed by atoms with Gasteiger partial charge in [-0.1, -0.05) is 24.3 Å². The zero-order valence-corrected chi connectivity index (χ0v) is 13.1. The Bertz CT molecular complexity index is 875. The van der Waals surface area contributed by atoms with Crippen LogP contribution in [0.1, 0.15) is 11.1 Å². The molecule has 0 amide bonds. The SMILES string of the molecule is N#COc1ccc(C(c2ccc(N=C=O)cc2)(C(F)(F)F)C(F)(F)F)cc1. The number of benzene rings is 2. The van der Waals surface area contributed by atoms with Crippen LogP contribution in [-0.2, 0) is 10.2 Å². The van der Waals surface area contributed by atoms with E-state index in [2.05, 4.69) is 9.73 Å². The molecular formula is C17H8F6N2O2. The number of hydrogen-bond donors (Lipinski definition) is 0. The fraction of sp³-hybridized carbons (Fsp3) is 0.176. The van der Waals surface area contributed by atoms with Crippen molar-refractivity contribution in [3.8, 4) is 12.0 Å². The number of nitrogens with zero attached hydrogens (tertiary/aromatic N) is 2. The minimum atomic E-state index is -5.75. The molecule has 0 atom stereocenters. The fourth-order valence-electron chi connectivity index (χ4n) is 2.65. The zero-order valence-electron chi connectivity index (χ0n) is 13.1. The Morgan fingerprint density at radius 3 is 1.63 bits per heavy atom. The summed E-state index contributed by atoms with van der Waals surface area (Å²) in [5.41, 5.74) is -6.71. The van der Waals surface area contributed by atoms with Crippen molar-refractivity contribution in [2.75, 3.05) is 0 Å². The van der Waals surface area contributed by atoms with Crippen molar-refractivity contribution in [3.63, 3.8) is 0 Å². The van der Waals surface area contributed by atoms with Gasteiger partial charge < -0.3 is 4.74 Å². The zero-order chi connectivity index (χ0) is 20.3. The molecule has 0 aliphatic rings. The highest BCUT2D eigenvalue weighted by Gasteiger charge is 2.72. The van der Waals surface area contributed by atoms with Gasteiger partial charge in [-0.25, -0.2) is 4.79 Å². The number of alkyl halides is 6. The summed E-state index contributed by atoms with van der Waals surface area (Å²) in [4.78, 5) is 13.3. The lowest BCUT2D eigenvalue weighted by Crippen LogP contribution is -2.54. The molecule has 10 heteroatoms. The summed E-state index contributed by atoms with van der Waals surface area (Å²) in [7, 11) is 0. The third kappa shape index (κ3) is 3.50. The van der Waals surface area contributed by atoms with E-state index < -0.39 is 28.9 Å². The second kappa shape index (κ2) is 7.13. The molecule has 0 fully saturated rings. The summed E-state index contributed by atoms with van der Waals surface area (Å²) in [6.07, 6.45) is -9.09. The lowest BCUT2D eigenvalue weighted by molar-refractivity contribution is -0.288. The topological polar surface area (TPSA) is 62.4 Å². The third-order valence-corrected chi connectivity index (χ3v) is 3.78. The minimum Gasteiger partial charge on any atom is -0.388 e. The van der Waals surface area contributed by atoms with Crippen LogP contribution in [0.2, 0.25) is 0 Å². The predicted octanol–water partition coefficient (Wildman–Crippen LogP) is 4.92. The number of nitriles is 1. The summed E-state index contributed by atoms with van der Waals surface area (Å²) < 4.78 is 87.5. The van der Waals surface area contributed by atoms with Crippen molar-refractivity contribution >= 4 is 11.8 Å². The van der Waals surface area contributed by atoms with Crippen molar-refractivity contribution in [1.29, 1.82) is 5.26 Å². The summed E-state index contributed by atoms with van der Waals surface area (Å²) in [5, 5.41) is 8.39. The van der Waals surface area contributed by atoms with Crippen LogP contribution < -0.4 is 4.74 Å². The average Bonchev–Trinajstić information content (AvgIpc) is 2.56. The Morgan fingerprint density at radius 2 is 1.26 bits per heavy atom. The second-order valence-electron chi connectivity index (χ2n) is 5.21. The monoisotopic (exact) mass is 386 g/mol. The molecule has 2 aromatic rings. The lowest BCUT2D eigenvalue weighted by atomic mass is 9.73. The molecule has 2 rings (SSSR count). The summed E-state index contributed by atoms with van der Waals surface area (Å²) in [6, 6.07) is 5.72. The van der Waals surface area contributed by atoms with Gasteiger partial charge >= 0.3 is 12.4 Å². The largest absolute Gasteiger partial charge is 0.411 e. The van der Waals surface area contributed by atoms with Crippen molar-refractivity contribution in [1.82, 2.24) is 0 Å². The van der Waals surface area contributed by atoms with Gasteiger partial charge in [0.05, 0.1) is 5.69 Å². The molecule has 0 spiro atoms. The molecule has 0 radical (unpaired) electrons.